The second-order valence-electron chi connectivity index (χ2n) is 5.74. The normalized spacial score (nSPS) is 18.4. The predicted molar refractivity (Wildman–Crippen MR) is 88.3 cm³/mol. The van der Waals surface area contributed by atoms with Crippen molar-refractivity contribution in [2.75, 3.05) is 0 Å². The zero-order valence-corrected chi connectivity index (χ0v) is 13.7. The Morgan fingerprint density at radius 3 is 2.65 bits per heavy atom. The lowest BCUT2D eigenvalue weighted by Gasteiger charge is -2.33. The van der Waals surface area contributed by atoms with Gasteiger partial charge in [0.15, 0.2) is 0 Å². The first-order chi connectivity index (χ1) is 9.65. The molecule has 2 nitrogen and oxygen atoms in total. The second kappa shape index (κ2) is 5.98. The van der Waals surface area contributed by atoms with Gasteiger partial charge in [-0.3, -0.25) is 4.90 Å². The van der Waals surface area contributed by atoms with Crippen LogP contribution in [0.3, 0.4) is 0 Å². The molecule has 20 heavy (non-hydrogen) atoms. The summed E-state index contributed by atoms with van der Waals surface area (Å²) in [7, 11) is 0. The fourth-order valence-electron chi connectivity index (χ4n) is 2.78. The Morgan fingerprint density at radius 2 is 2.15 bits per heavy atom. The summed E-state index contributed by atoms with van der Waals surface area (Å²) in [6, 6.07) is 10.1. The van der Waals surface area contributed by atoms with Gasteiger partial charge >= 0.3 is 0 Å². The molecular formula is C16H22N2S2. The molecular weight excluding hydrogens is 284 g/mol. The molecule has 2 aromatic rings. The number of hydrogen-bond acceptors (Lipinski definition) is 4. The third kappa shape index (κ3) is 3.14. The van der Waals surface area contributed by atoms with Crippen molar-refractivity contribution in [1.29, 1.82) is 0 Å². The van der Waals surface area contributed by atoms with Crippen molar-refractivity contribution in [3.8, 4) is 0 Å². The average molecular weight is 307 g/mol. The minimum absolute atomic E-state index is 0.161. The van der Waals surface area contributed by atoms with Gasteiger partial charge in [0.1, 0.15) is 0 Å². The third-order valence-electron chi connectivity index (χ3n) is 3.84. The van der Waals surface area contributed by atoms with Crippen molar-refractivity contribution < 1.29 is 0 Å². The summed E-state index contributed by atoms with van der Waals surface area (Å²) in [5, 5.41) is 2.16. The molecule has 2 aromatic heterocycles. The van der Waals surface area contributed by atoms with Crippen LogP contribution < -0.4 is 5.73 Å². The highest BCUT2D eigenvalue weighted by molar-refractivity contribution is 7.12. The van der Waals surface area contributed by atoms with Crippen LogP contribution in [0.4, 0.5) is 0 Å². The fourth-order valence-corrected chi connectivity index (χ4v) is 4.61. The van der Waals surface area contributed by atoms with Gasteiger partial charge in [-0.1, -0.05) is 6.07 Å². The summed E-state index contributed by atoms with van der Waals surface area (Å²) < 4.78 is 0. The highest BCUT2D eigenvalue weighted by Crippen LogP contribution is 2.39. The molecule has 0 spiro atoms. The Hall–Kier alpha value is -0.680. The minimum atomic E-state index is 0.161. The van der Waals surface area contributed by atoms with Crippen molar-refractivity contribution in [1.82, 2.24) is 4.90 Å². The van der Waals surface area contributed by atoms with E-state index in [4.69, 9.17) is 5.73 Å². The van der Waals surface area contributed by atoms with Gasteiger partial charge < -0.3 is 5.73 Å². The lowest BCUT2D eigenvalue weighted by molar-refractivity contribution is 0.162. The summed E-state index contributed by atoms with van der Waals surface area (Å²) >= 11 is 3.74. The Morgan fingerprint density at radius 1 is 1.35 bits per heavy atom. The smallest absolute Gasteiger partial charge is 0.0596 e. The molecule has 1 aliphatic rings. The van der Waals surface area contributed by atoms with Gasteiger partial charge in [0.05, 0.1) is 6.04 Å². The van der Waals surface area contributed by atoms with E-state index in [1.54, 1.807) is 0 Å². The SMILES string of the molecule is Cc1ccc(C(C(C)N)N(Cc2cccs2)C2CC2)s1. The van der Waals surface area contributed by atoms with E-state index in [0.29, 0.717) is 6.04 Å². The molecule has 4 heteroatoms. The number of thiophene rings is 2. The van der Waals surface area contributed by atoms with E-state index in [1.165, 1.54) is 27.5 Å². The molecule has 0 saturated heterocycles. The van der Waals surface area contributed by atoms with Gasteiger partial charge in [-0.25, -0.2) is 0 Å². The maximum Gasteiger partial charge on any atom is 0.0596 e. The van der Waals surface area contributed by atoms with Crippen LogP contribution in [0.1, 0.15) is 40.4 Å². The Bertz CT molecular complexity index is 541. The molecule has 2 heterocycles. The van der Waals surface area contributed by atoms with Gasteiger partial charge in [-0.05, 0) is 50.3 Å². The molecule has 0 radical (unpaired) electrons. The van der Waals surface area contributed by atoms with E-state index in [2.05, 4.69) is 48.4 Å². The molecule has 1 saturated carbocycles. The third-order valence-corrected chi connectivity index (χ3v) is 5.77. The van der Waals surface area contributed by atoms with Crippen LogP contribution in [0.5, 0.6) is 0 Å². The van der Waals surface area contributed by atoms with Crippen molar-refractivity contribution in [3.05, 3.63) is 44.3 Å². The maximum atomic E-state index is 6.34. The van der Waals surface area contributed by atoms with Gasteiger partial charge in [-0.2, -0.15) is 0 Å². The summed E-state index contributed by atoms with van der Waals surface area (Å²) in [4.78, 5) is 6.86. The number of nitrogens with two attached hydrogens (primary N) is 1. The Labute approximate surface area is 129 Å². The molecule has 1 aliphatic carbocycles. The Kier molecular flexibility index (Phi) is 4.26. The number of nitrogens with zero attached hydrogens (tertiary/aromatic N) is 1. The Balaban J connectivity index is 1.86. The largest absolute Gasteiger partial charge is 0.326 e. The first-order valence-electron chi connectivity index (χ1n) is 7.25. The van der Waals surface area contributed by atoms with Crippen LogP contribution in [0.25, 0.3) is 0 Å². The van der Waals surface area contributed by atoms with Crippen molar-refractivity contribution in [2.24, 2.45) is 5.73 Å². The molecule has 0 amide bonds. The molecule has 2 unspecified atom stereocenters. The summed E-state index contributed by atoms with van der Waals surface area (Å²) in [5.41, 5.74) is 6.34. The van der Waals surface area contributed by atoms with Gasteiger partial charge in [0.25, 0.3) is 0 Å². The predicted octanol–water partition coefficient (Wildman–Crippen LogP) is 4.17. The summed E-state index contributed by atoms with van der Waals surface area (Å²) in [6.45, 7) is 5.35. The quantitative estimate of drug-likeness (QED) is 0.868. The van der Waals surface area contributed by atoms with Crippen LogP contribution in [0, 0.1) is 6.92 Å². The average Bonchev–Trinajstić information content (AvgIpc) is 2.96. The molecule has 2 atom stereocenters. The highest BCUT2D eigenvalue weighted by Gasteiger charge is 2.36. The van der Waals surface area contributed by atoms with Crippen LogP contribution in [0.2, 0.25) is 0 Å². The minimum Gasteiger partial charge on any atom is -0.326 e. The highest BCUT2D eigenvalue weighted by atomic mass is 32.1. The fraction of sp³-hybridized carbons (Fsp3) is 0.500. The lowest BCUT2D eigenvalue weighted by atomic mass is 10.1. The van der Waals surface area contributed by atoms with E-state index in [1.807, 2.05) is 22.7 Å². The summed E-state index contributed by atoms with van der Waals surface area (Å²) in [5.74, 6) is 0. The summed E-state index contributed by atoms with van der Waals surface area (Å²) in [6.07, 6.45) is 2.64. The van der Waals surface area contributed by atoms with Crippen LogP contribution in [0.15, 0.2) is 29.6 Å². The van der Waals surface area contributed by atoms with Crippen LogP contribution in [-0.2, 0) is 6.54 Å². The number of aryl methyl sites for hydroxylation is 1. The maximum absolute atomic E-state index is 6.34. The van der Waals surface area contributed by atoms with Gasteiger partial charge in [-0.15, -0.1) is 22.7 Å². The van der Waals surface area contributed by atoms with E-state index in [-0.39, 0.29) is 6.04 Å². The van der Waals surface area contributed by atoms with Gasteiger partial charge in [0.2, 0.25) is 0 Å². The van der Waals surface area contributed by atoms with Crippen LogP contribution >= 0.6 is 22.7 Å². The van der Waals surface area contributed by atoms with Crippen LogP contribution in [-0.4, -0.2) is 17.0 Å². The first kappa shape index (κ1) is 14.3. The van der Waals surface area contributed by atoms with Crippen molar-refractivity contribution in [2.45, 2.75) is 51.4 Å². The molecule has 2 N–H and O–H groups in total. The van der Waals surface area contributed by atoms with Crippen molar-refractivity contribution in [3.63, 3.8) is 0 Å². The van der Waals surface area contributed by atoms with E-state index in [9.17, 15) is 0 Å². The monoisotopic (exact) mass is 306 g/mol. The molecule has 0 bridgehead atoms. The topological polar surface area (TPSA) is 29.3 Å². The molecule has 3 rings (SSSR count). The first-order valence-corrected chi connectivity index (χ1v) is 8.95. The molecule has 108 valence electrons. The zero-order valence-electron chi connectivity index (χ0n) is 12.1. The van der Waals surface area contributed by atoms with E-state index >= 15 is 0 Å². The van der Waals surface area contributed by atoms with Gasteiger partial charge in [0, 0.05) is 33.3 Å². The zero-order chi connectivity index (χ0) is 14.1. The molecule has 0 aromatic carbocycles. The standard InChI is InChI=1S/C16H22N2S2/c1-11-5-8-15(20-11)16(12(2)17)18(13-6-7-13)10-14-4-3-9-19-14/h3-5,8-9,12-13,16H,6-7,10,17H2,1-2H3. The molecule has 1 fully saturated rings. The van der Waals surface area contributed by atoms with Crippen molar-refractivity contribution >= 4 is 22.7 Å². The number of hydrogen-bond donors (Lipinski definition) is 1. The van der Waals surface area contributed by atoms with E-state index < -0.39 is 0 Å². The molecule has 0 aliphatic heterocycles. The van der Waals surface area contributed by atoms with E-state index in [0.717, 1.165) is 12.6 Å². The second-order valence-corrected chi connectivity index (χ2v) is 8.09. The lowest BCUT2D eigenvalue weighted by Crippen LogP contribution is -2.40. The number of rotatable bonds is 6.